The minimum Gasteiger partial charge on any atom is -0.370 e. The standard InChI is InChI=1S/C12H18ClN3S/c1-8(17-2)5-6-14-11-7-10(13)15-12(16-11)9-3-4-9/h7-9H,3-6H2,1-2H3,(H,14,15,16). The lowest BCUT2D eigenvalue weighted by Gasteiger charge is -2.10. The fourth-order valence-electron chi connectivity index (χ4n) is 1.57. The number of rotatable bonds is 6. The molecule has 1 saturated carbocycles. The third kappa shape index (κ3) is 4.03. The highest BCUT2D eigenvalue weighted by molar-refractivity contribution is 7.99. The molecule has 0 radical (unpaired) electrons. The summed E-state index contributed by atoms with van der Waals surface area (Å²) in [4.78, 5) is 8.77. The first kappa shape index (κ1) is 13.0. The zero-order valence-electron chi connectivity index (χ0n) is 10.2. The Morgan fingerprint density at radius 2 is 2.29 bits per heavy atom. The molecular formula is C12H18ClN3S. The number of nitrogens with one attached hydrogen (secondary N) is 1. The predicted octanol–water partition coefficient (Wildman–Crippen LogP) is 3.56. The molecule has 1 fully saturated rings. The molecule has 2 rings (SSSR count). The molecule has 0 spiro atoms. The van der Waals surface area contributed by atoms with E-state index in [1.807, 2.05) is 11.8 Å². The molecule has 0 bridgehead atoms. The minimum absolute atomic E-state index is 0.541. The van der Waals surface area contributed by atoms with Crippen molar-refractivity contribution >= 4 is 29.2 Å². The van der Waals surface area contributed by atoms with E-state index in [1.54, 1.807) is 6.07 Å². The SMILES string of the molecule is CSC(C)CCNc1cc(Cl)nc(C2CC2)n1. The number of nitrogens with zero attached hydrogens (tertiary/aromatic N) is 2. The Labute approximate surface area is 112 Å². The van der Waals surface area contributed by atoms with E-state index in [-0.39, 0.29) is 0 Å². The van der Waals surface area contributed by atoms with E-state index in [0.717, 1.165) is 24.6 Å². The Balaban J connectivity index is 1.91. The fraction of sp³-hybridized carbons (Fsp3) is 0.667. The van der Waals surface area contributed by atoms with Gasteiger partial charge in [0, 0.05) is 23.8 Å². The predicted molar refractivity (Wildman–Crippen MR) is 75.1 cm³/mol. The Bertz CT molecular complexity index is 382. The monoisotopic (exact) mass is 271 g/mol. The molecule has 1 atom stereocenters. The molecule has 0 saturated heterocycles. The van der Waals surface area contributed by atoms with Crippen LogP contribution in [0.1, 0.15) is 37.9 Å². The van der Waals surface area contributed by atoms with Crippen molar-refractivity contribution in [3.63, 3.8) is 0 Å². The van der Waals surface area contributed by atoms with E-state index in [0.29, 0.717) is 16.3 Å². The highest BCUT2D eigenvalue weighted by Gasteiger charge is 2.27. The normalized spacial score (nSPS) is 16.9. The molecule has 5 heteroatoms. The maximum absolute atomic E-state index is 6.00. The highest BCUT2D eigenvalue weighted by atomic mass is 35.5. The number of hydrogen-bond acceptors (Lipinski definition) is 4. The summed E-state index contributed by atoms with van der Waals surface area (Å²) in [6.45, 7) is 3.16. The van der Waals surface area contributed by atoms with Crippen LogP contribution in [0, 0.1) is 0 Å². The number of halogens is 1. The van der Waals surface area contributed by atoms with Gasteiger partial charge in [-0.05, 0) is 25.5 Å². The Hall–Kier alpha value is -0.480. The first-order valence-corrected chi connectivity index (χ1v) is 7.66. The van der Waals surface area contributed by atoms with E-state index in [1.165, 1.54) is 12.8 Å². The van der Waals surface area contributed by atoms with Crippen LogP contribution in [0.5, 0.6) is 0 Å². The number of hydrogen-bond donors (Lipinski definition) is 1. The molecule has 94 valence electrons. The van der Waals surface area contributed by atoms with Gasteiger partial charge in [0.05, 0.1) is 0 Å². The van der Waals surface area contributed by atoms with Gasteiger partial charge in [0.15, 0.2) is 0 Å². The molecule has 0 aliphatic heterocycles. The van der Waals surface area contributed by atoms with Crippen LogP contribution in [0.3, 0.4) is 0 Å². The van der Waals surface area contributed by atoms with Crippen LogP contribution < -0.4 is 5.32 Å². The fourth-order valence-corrected chi connectivity index (χ4v) is 2.11. The van der Waals surface area contributed by atoms with E-state index >= 15 is 0 Å². The smallest absolute Gasteiger partial charge is 0.135 e. The van der Waals surface area contributed by atoms with E-state index in [4.69, 9.17) is 11.6 Å². The summed E-state index contributed by atoms with van der Waals surface area (Å²) < 4.78 is 0. The van der Waals surface area contributed by atoms with E-state index < -0.39 is 0 Å². The molecule has 1 heterocycles. The third-order valence-corrected chi connectivity index (χ3v) is 4.15. The summed E-state index contributed by atoms with van der Waals surface area (Å²) in [5, 5.41) is 4.54. The van der Waals surface area contributed by atoms with Gasteiger partial charge in [0.1, 0.15) is 16.8 Å². The Morgan fingerprint density at radius 3 is 2.94 bits per heavy atom. The maximum atomic E-state index is 6.00. The summed E-state index contributed by atoms with van der Waals surface area (Å²) >= 11 is 7.88. The van der Waals surface area contributed by atoms with Crippen molar-refractivity contribution in [3.05, 3.63) is 17.0 Å². The Kier molecular flexibility index (Phi) is 4.51. The zero-order chi connectivity index (χ0) is 12.3. The second kappa shape index (κ2) is 5.91. The van der Waals surface area contributed by atoms with Crippen molar-refractivity contribution in [2.75, 3.05) is 18.1 Å². The number of anilines is 1. The third-order valence-electron chi connectivity index (χ3n) is 2.91. The van der Waals surface area contributed by atoms with Crippen LogP contribution in [0.15, 0.2) is 6.07 Å². The summed E-state index contributed by atoms with van der Waals surface area (Å²) in [6.07, 6.45) is 5.66. The maximum Gasteiger partial charge on any atom is 0.135 e. The van der Waals surface area contributed by atoms with Gasteiger partial charge in [-0.25, -0.2) is 9.97 Å². The molecule has 1 aliphatic carbocycles. The molecule has 1 aromatic heterocycles. The average Bonchev–Trinajstić information content (AvgIpc) is 3.12. The molecule has 17 heavy (non-hydrogen) atoms. The van der Waals surface area contributed by atoms with Gasteiger partial charge >= 0.3 is 0 Å². The van der Waals surface area contributed by atoms with Gasteiger partial charge in [-0.3, -0.25) is 0 Å². The first-order valence-electron chi connectivity index (χ1n) is 6.00. The summed E-state index contributed by atoms with van der Waals surface area (Å²) in [5.74, 6) is 2.30. The second-order valence-corrected chi connectivity index (χ2v) is 6.13. The number of aromatic nitrogens is 2. The van der Waals surface area contributed by atoms with Crippen molar-refractivity contribution in [1.82, 2.24) is 9.97 Å². The first-order chi connectivity index (χ1) is 8.19. The van der Waals surface area contributed by atoms with Gasteiger partial charge in [-0.1, -0.05) is 18.5 Å². The molecule has 0 amide bonds. The Morgan fingerprint density at radius 1 is 1.53 bits per heavy atom. The van der Waals surface area contributed by atoms with Crippen molar-refractivity contribution in [2.24, 2.45) is 0 Å². The van der Waals surface area contributed by atoms with Crippen LogP contribution in [0.2, 0.25) is 5.15 Å². The van der Waals surface area contributed by atoms with Crippen LogP contribution >= 0.6 is 23.4 Å². The minimum atomic E-state index is 0.541. The lowest BCUT2D eigenvalue weighted by Crippen LogP contribution is -2.09. The van der Waals surface area contributed by atoms with Crippen LogP contribution in [0.4, 0.5) is 5.82 Å². The topological polar surface area (TPSA) is 37.8 Å². The molecule has 1 N–H and O–H groups in total. The van der Waals surface area contributed by atoms with Crippen molar-refractivity contribution < 1.29 is 0 Å². The van der Waals surface area contributed by atoms with Crippen LogP contribution in [-0.2, 0) is 0 Å². The van der Waals surface area contributed by atoms with E-state index in [9.17, 15) is 0 Å². The summed E-state index contributed by atoms with van der Waals surface area (Å²) in [5.41, 5.74) is 0. The molecule has 1 aromatic rings. The van der Waals surface area contributed by atoms with Gasteiger partial charge in [0.25, 0.3) is 0 Å². The average molecular weight is 272 g/mol. The second-order valence-electron chi connectivity index (χ2n) is 4.47. The van der Waals surface area contributed by atoms with Gasteiger partial charge in [-0.15, -0.1) is 0 Å². The van der Waals surface area contributed by atoms with E-state index in [2.05, 4.69) is 28.5 Å². The van der Waals surface area contributed by atoms with Gasteiger partial charge in [0.2, 0.25) is 0 Å². The lowest BCUT2D eigenvalue weighted by atomic mass is 10.3. The van der Waals surface area contributed by atoms with Gasteiger partial charge in [-0.2, -0.15) is 11.8 Å². The zero-order valence-corrected chi connectivity index (χ0v) is 11.8. The largest absolute Gasteiger partial charge is 0.370 e. The van der Waals surface area contributed by atoms with Crippen molar-refractivity contribution in [2.45, 2.75) is 37.4 Å². The van der Waals surface area contributed by atoms with Crippen molar-refractivity contribution in [3.8, 4) is 0 Å². The van der Waals surface area contributed by atoms with Gasteiger partial charge < -0.3 is 5.32 Å². The quantitative estimate of drug-likeness (QED) is 0.803. The molecule has 1 aliphatic rings. The lowest BCUT2D eigenvalue weighted by molar-refractivity contribution is 0.843. The van der Waals surface area contributed by atoms with Crippen molar-refractivity contribution in [1.29, 1.82) is 0 Å². The molecule has 1 unspecified atom stereocenters. The number of thioether (sulfide) groups is 1. The summed E-state index contributed by atoms with van der Waals surface area (Å²) in [7, 11) is 0. The molecule has 3 nitrogen and oxygen atoms in total. The van der Waals surface area contributed by atoms with Crippen LogP contribution in [0.25, 0.3) is 0 Å². The molecular weight excluding hydrogens is 254 g/mol. The molecule has 0 aromatic carbocycles. The van der Waals surface area contributed by atoms with Crippen LogP contribution in [-0.4, -0.2) is 28.0 Å². The summed E-state index contributed by atoms with van der Waals surface area (Å²) in [6, 6.07) is 1.80. The highest BCUT2D eigenvalue weighted by Crippen LogP contribution is 2.38.